The number of amides is 2. The molecule has 11 nitrogen and oxygen atoms in total. The fraction of sp³-hybridized carbons (Fsp3) is 0.619. The van der Waals surface area contributed by atoms with Crippen LogP contribution in [0.5, 0.6) is 5.75 Å². The third-order valence-corrected chi connectivity index (χ3v) is 15.4. The van der Waals surface area contributed by atoms with Crippen molar-refractivity contribution in [3.63, 3.8) is 0 Å². The van der Waals surface area contributed by atoms with Crippen molar-refractivity contribution in [2.75, 3.05) is 43.1 Å². The first kappa shape index (κ1) is 37.0. The predicted molar refractivity (Wildman–Crippen MR) is 207 cm³/mol. The molecule has 1 aromatic carbocycles. The van der Waals surface area contributed by atoms with E-state index in [-0.39, 0.29) is 52.4 Å². The molecule has 12 heteroatoms. The molecule has 2 aromatic heterocycles. The lowest BCUT2D eigenvalue weighted by atomic mass is 9.51. The van der Waals surface area contributed by atoms with E-state index in [4.69, 9.17) is 14.5 Å². The lowest BCUT2D eigenvalue weighted by molar-refractivity contribution is -0.124. The van der Waals surface area contributed by atoms with E-state index in [1.165, 1.54) is 11.1 Å². The molecule has 0 unspecified atom stereocenters. The number of carbonyl (C=O) groups is 2. The fourth-order valence-corrected chi connectivity index (χ4v) is 11.5. The molecule has 54 heavy (non-hydrogen) atoms. The lowest BCUT2D eigenvalue weighted by Gasteiger charge is -2.55. The van der Waals surface area contributed by atoms with Crippen LogP contribution in [-0.2, 0) is 24.8 Å². The fourth-order valence-electron chi connectivity index (χ4n) is 10.0. The summed E-state index contributed by atoms with van der Waals surface area (Å²) in [4.78, 5) is 36.0. The summed E-state index contributed by atoms with van der Waals surface area (Å²) >= 11 is 0. The normalized spacial score (nSPS) is 28.3. The molecule has 4 aliphatic carbocycles. The Morgan fingerprint density at radius 2 is 1.63 bits per heavy atom. The van der Waals surface area contributed by atoms with Crippen LogP contribution < -0.4 is 9.64 Å². The van der Waals surface area contributed by atoms with E-state index >= 15 is 0 Å². The number of ether oxygens (including phenoxy) is 2. The highest BCUT2D eigenvalue weighted by Crippen LogP contribution is 2.58. The van der Waals surface area contributed by atoms with Crippen LogP contribution in [0, 0.1) is 24.2 Å². The number of hydrogen-bond acceptors (Lipinski definition) is 8. The first-order chi connectivity index (χ1) is 25.9. The molecule has 4 heterocycles. The van der Waals surface area contributed by atoms with Crippen molar-refractivity contribution in [3.05, 3.63) is 60.0 Å². The molecule has 3 aromatic rings. The van der Waals surface area contributed by atoms with Crippen LogP contribution in [0.15, 0.2) is 48.9 Å². The number of methoxy groups -OCH3 is 1. The van der Waals surface area contributed by atoms with E-state index in [1.54, 1.807) is 18.2 Å². The van der Waals surface area contributed by atoms with Gasteiger partial charge in [0.05, 0.1) is 30.9 Å². The maximum absolute atomic E-state index is 14.8. The van der Waals surface area contributed by atoms with Gasteiger partial charge in [0, 0.05) is 43.5 Å². The summed E-state index contributed by atoms with van der Waals surface area (Å²) in [6.45, 7) is 6.40. The van der Waals surface area contributed by atoms with Crippen molar-refractivity contribution in [2.45, 2.75) is 108 Å². The number of sulfone groups is 1. The van der Waals surface area contributed by atoms with Crippen molar-refractivity contribution in [1.29, 1.82) is 0 Å². The van der Waals surface area contributed by atoms with Gasteiger partial charge in [0.2, 0.25) is 5.91 Å². The average molecular weight is 758 g/mol. The predicted octanol–water partition coefficient (Wildman–Crippen LogP) is 7.28. The Hall–Kier alpha value is -3.93. The minimum absolute atomic E-state index is 0.0178. The lowest BCUT2D eigenvalue weighted by Crippen LogP contribution is -2.52. The van der Waals surface area contributed by atoms with E-state index in [9.17, 15) is 18.0 Å². The quantitative estimate of drug-likeness (QED) is 0.223. The third-order valence-electron chi connectivity index (χ3n) is 13.6. The van der Waals surface area contributed by atoms with Gasteiger partial charge in [-0.05, 0) is 136 Å². The van der Waals surface area contributed by atoms with Gasteiger partial charge in [0.25, 0.3) is 0 Å². The monoisotopic (exact) mass is 757 g/mol. The molecular formula is C42H55N5O6S. The number of aromatic nitrogens is 3. The van der Waals surface area contributed by atoms with Crippen LogP contribution in [0.25, 0.3) is 11.1 Å². The van der Waals surface area contributed by atoms with Crippen molar-refractivity contribution >= 4 is 27.7 Å². The molecule has 0 radical (unpaired) electrons. The number of fused-ring (bicyclic) bond motifs is 3. The third kappa shape index (κ3) is 7.39. The van der Waals surface area contributed by atoms with Gasteiger partial charge in [0.1, 0.15) is 27.5 Å². The van der Waals surface area contributed by atoms with Crippen molar-refractivity contribution in [3.8, 4) is 16.9 Å². The highest BCUT2D eigenvalue weighted by Gasteiger charge is 2.51. The molecule has 2 amide bonds. The number of benzene rings is 1. The Balaban J connectivity index is 1.01. The first-order valence-corrected chi connectivity index (χ1v) is 21.9. The number of hydrogen-bond donors (Lipinski definition) is 0. The maximum atomic E-state index is 14.8. The molecule has 9 rings (SSSR count). The van der Waals surface area contributed by atoms with E-state index in [0.717, 1.165) is 68.5 Å². The van der Waals surface area contributed by atoms with Crippen LogP contribution in [-0.4, -0.2) is 84.4 Å². The number of rotatable bonds is 9. The van der Waals surface area contributed by atoms with Gasteiger partial charge in [0.15, 0.2) is 0 Å². The largest absolute Gasteiger partial charge is 0.496 e. The molecule has 6 aliphatic rings. The Bertz CT molecular complexity index is 1940. The van der Waals surface area contributed by atoms with Crippen LogP contribution >= 0.6 is 0 Å². The van der Waals surface area contributed by atoms with Gasteiger partial charge >= 0.3 is 6.09 Å². The molecule has 290 valence electrons. The molecule has 6 fully saturated rings. The second-order valence-corrected chi connectivity index (χ2v) is 19.6. The molecule has 0 atom stereocenters. The number of likely N-dealkylation sites (tertiary alicyclic amines) is 1. The summed E-state index contributed by atoms with van der Waals surface area (Å²) in [6, 6.07) is 10.7. The molecular weight excluding hydrogens is 703 g/mol. The summed E-state index contributed by atoms with van der Waals surface area (Å²) in [5.74, 6) is 2.44. The highest BCUT2D eigenvalue weighted by molar-refractivity contribution is 7.91. The number of anilines is 1. The smallest absolute Gasteiger partial charge is 0.410 e. The molecule has 4 saturated carbocycles. The zero-order chi connectivity index (χ0) is 37.7. The van der Waals surface area contributed by atoms with Gasteiger partial charge in [-0.15, -0.1) is 0 Å². The molecule has 0 N–H and O–H groups in total. The van der Waals surface area contributed by atoms with E-state index in [2.05, 4.69) is 37.1 Å². The standard InChI is InChI=1S/C42H55N5O6S/c1-29-25-45(26-29)40(49)53-36-7-4-31(5-8-36)39(48)46(28-41-13-16-42(17-14-41,18-15-41)34-6-9-37(52-3)30(2)22-34)38-23-32(10-19-43-38)33-24-44-47(27-33)35-11-20-54(50,51)21-12-35/h6,9-10,19,22-24,27,29,31,35-36H,4-5,7-8,11-18,20-21,25-26,28H2,1-3H3. The van der Waals surface area contributed by atoms with Gasteiger partial charge < -0.3 is 14.4 Å². The van der Waals surface area contributed by atoms with Gasteiger partial charge in [-0.3, -0.25) is 14.4 Å². The number of aryl methyl sites for hydroxylation is 1. The minimum atomic E-state index is -2.97. The molecule has 2 saturated heterocycles. The maximum Gasteiger partial charge on any atom is 0.410 e. The number of carbonyl (C=O) groups excluding carboxylic acids is 2. The average Bonchev–Trinajstić information content (AvgIpc) is 3.67. The summed E-state index contributed by atoms with van der Waals surface area (Å²) in [5.41, 5.74) is 4.62. The number of pyridine rings is 1. The Morgan fingerprint density at radius 3 is 2.28 bits per heavy atom. The minimum Gasteiger partial charge on any atom is -0.496 e. The van der Waals surface area contributed by atoms with Crippen LogP contribution in [0.3, 0.4) is 0 Å². The first-order valence-electron chi connectivity index (χ1n) is 20.1. The topological polar surface area (TPSA) is 124 Å². The van der Waals surface area contributed by atoms with Crippen molar-refractivity contribution in [1.82, 2.24) is 19.7 Å². The van der Waals surface area contributed by atoms with Crippen LogP contribution in [0.1, 0.15) is 101 Å². The van der Waals surface area contributed by atoms with Gasteiger partial charge in [-0.2, -0.15) is 5.10 Å². The van der Waals surface area contributed by atoms with E-state index in [1.807, 2.05) is 34.1 Å². The second kappa shape index (κ2) is 14.6. The van der Waals surface area contributed by atoms with Gasteiger partial charge in [-0.25, -0.2) is 18.2 Å². The van der Waals surface area contributed by atoms with Gasteiger partial charge in [-0.1, -0.05) is 19.1 Å². The zero-order valence-electron chi connectivity index (χ0n) is 32.0. The zero-order valence-corrected chi connectivity index (χ0v) is 32.9. The van der Waals surface area contributed by atoms with Crippen molar-refractivity contribution in [2.24, 2.45) is 17.3 Å². The van der Waals surface area contributed by atoms with E-state index < -0.39 is 9.84 Å². The SMILES string of the molecule is COc1ccc(C23CCC(CN(C(=O)C4CCC(OC(=O)N5CC(C)C5)CC4)c4cc(-c5cnn(C6CCS(=O)(=O)CC6)c5)ccn4)(CC2)CC3)cc1C. The Kier molecular flexibility index (Phi) is 10.0. The van der Waals surface area contributed by atoms with Crippen LogP contribution in [0.2, 0.25) is 0 Å². The Labute approximate surface area is 319 Å². The summed E-state index contributed by atoms with van der Waals surface area (Å²) in [5, 5.41) is 4.64. The molecule has 2 bridgehead atoms. The van der Waals surface area contributed by atoms with E-state index in [0.29, 0.717) is 56.8 Å². The second-order valence-electron chi connectivity index (χ2n) is 17.3. The molecule has 2 aliphatic heterocycles. The molecule has 0 spiro atoms. The summed E-state index contributed by atoms with van der Waals surface area (Å²) in [6.07, 6.45) is 15.6. The van der Waals surface area contributed by atoms with Crippen LogP contribution in [0.4, 0.5) is 10.6 Å². The highest BCUT2D eigenvalue weighted by atomic mass is 32.2. The summed E-state index contributed by atoms with van der Waals surface area (Å²) < 4.78 is 37.4. The summed E-state index contributed by atoms with van der Waals surface area (Å²) in [7, 11) is -1.24. The number of nitrogens with zero attached hydrogens (tertiary/aromatic N) is 5. The van der Waals surface area contributed by atoms with Crippen molar-refractivity contribution < 1.29 is 27.5 Å². The Morgan fingerprint density at radius 1 is 0.926 bits per heavy atom.